The van der Waals surface area contributed by atoms with Crippen LogP contribution in [0.5, 0.6) is 5.75 Å². The van der Waals surface area contributed by atoms with E-state index in [0.29, 0.717) is 45.3 Å². The molecule has 4 rings (SSSR count). The normalized spacial score (nSPS) is 15.7. The molecule has 182 valence electrons. The maximum Gasteiger partial charge on any atom is 0.338 e. The van der Waals surface area contributed by atoms with E-state index in [0.717, 1.165) is 15.6 Å². The summed E-state index contributed by atoms with van der Waals surface area (Å²) in [5, 5.41) is 0. The molecule has 8 heteroatoms. The summed E-state index contributed by atoms with van der Waals surface area (Å²) in [5.41, 5.74) is 2.42. The lowest BCUT2D eigenvalue weighted by Crippen LogP contribution is -2.40. The fourth-order valence-corrected chi connectivity index (χ4v) is 5.37. The molecule has 1 aromatic heterocycles. The summed E-state index contributed by atoms with van der Waals surface area (Å²) in [7, 11) is 1.35. The van der Waals surface area contributed by atoms with Crippen molar-refractivity contribution in [3.63, 3.8) is 0 Å². The molecule has 0 bridgehead atoms. The van der Waals surface area contributed by atoms with E-state index >= 15 is 0 Å². The van der Waals surface area contributed by atoms with E-state index in [9.17, 15) is 9.59 Å². The van der Waals surface area contributed by atoms with Gasteiger partial charge in [-0.25, -0.2) is 9.79 Å². The minimum absolute atomic E-state index is 0.214. The smallest absolute Gasteiger partial charge is 0.338 e. The maximum atomic E-state index is 13.8. The number of allylic oxidation sites excluding steroid dienone is 1. The number of hydrogen-bond donors (Lipinski definition) is 0. The number of carbonyl (C=O) groups is 1. The standard InChI is InChI=1S/C27H27BrN2O4S/c1-5-20-23(26(32)33-4)24(17-9-7-6-8-10-17)30-25(31)22(35-27(30)29-20)14-18-13-19(28)11-12-21(18)34-15-16(2)3/h6-14,16,24H,5,15H2,1-4H3/b22-14+/t24-/m0/s1. The zero-order chi connectivity index (χ0) is 25.1. The quantitative estimate of drug-likeness (QED) is 0.400. The van der Waals surface area contributed by atoms with Gasteiger partial charge >= 0.3 is 5.97 Å². The van der Waals surface area contributed by atoms with Crippen molar-refractivity contribution in [1.29, 1.82) is 0 Å². The molecule has 3 aromatic rings. The van der Waals surface area contributed by atoms with Gasteiger partial charge in [-0.2, -0.15) is 0 Å². The number of thiazole rings is 1. The molecule has 0 N–H and O–H groups in total. The summed E-state index contributed by atoms with van der Waals surface area (Å²) in [5.74, 6) is 0.592. The molecule has 0 spiro atoms. The highest BCUT2D eigenvalue weighted by atomic mass is 79.9. The Bertz CT molecular complexity index is 1450. The van der Waals surface area contributed by atoms with Crippen LogP contribution < -0.4 is 19.6 Å². The van der Waals surface area contributed by atoms with E-state index in [1.54, 1.807) is 4.57 Å². The number of halogens is 1. The highest BCUT2D eigenvalue weighted by Crippen LogP contribution is 2.31. The van der Waals surface area contributed by atoms with Gasteiger partial charge in [0.25, 0.3) is 5.56 Å². The van der Waals surface area contributed by atoms with Crippen LogP contribution in [0.2, 0.25) is 0 Å². The molecule has 0 unspecified atom stereocenters. The van der Waals surface area contributed by atoms with Crippen LogP contribution in [0.4, 0.5) is 0 Å². The number of aromatic nitrogens is 1. The second-order valence-electron chi connectivity index (χ2n) is 8.59. The van der Waals surface area contributed by atoms with Crippen LogP contribution >= 0.6 is 27.3 Å². The van der Waals surface area contributed by atoms with Crippen LogP contribution in [0.15, 0.2) is 74.1 Å². The Hall–Kier alpha value is -2.97. The highest BCUT2D eigenvalue weighted by Gasteiger charge is 2.33. The molecule has 1 atom stereocenters. The Morgan fingerprint density at radius 1 is 1.23 bits per heavy atom. The van der Waals surface area contributed by atoms with Crippen LogP contribution in [0.3, 0.4) is 0 Å². The number of ether oxygens (including phenoxy) is 2. The average Bonchev–Trinajstić information content (AvgIpc) is 3.16. The van der Waals surface area contributed by atoms with Gasteiger partial charge in [0.2, 0.25) is 0 Å². The van der Waals surface area contributed by atoms with Gasteiger partial charge in [0.1, 0.15) is 5.75 Å². The van der Waals surface area contributed by atoms with Crippen LogP contribution in [0.1, 0.15) is 44.4 Å². The van der Waals surface area contributed by atoms with Crippen molar-refractivity contribution >= 4 is 39.3 Å². The minimum atomic E-state index is -0.615. The zero-order valence-electron chi connectivity index (χ0n) is 20.1. The summed E-state index contributed by atoms with van der Waals surface area (Å²) in [6.07, 6.45) is 2.37. The van der Waals surface area contributed by atoms with Crippen LogP contribution in [-0.2, 0) is 9.53 Å². The Morgan fingerprint density at radius 2 is 1.97 bits per heavy atom. The minimum Gasteiger partial charge on any atom is -0.493 e. The van der Waals surface area contributed by atoms with Gasteiger partial charge in [-0.05, 0) is 42.2 Å². The topological polar surface area (TPSA) is 69.9 Å². The van der Waals surface area contributed by atoms with Gasteiger partial charge in [0, 0.05) is 10.0 Å². The largest absolute Gasteiger partial charge is 0.493 e. The first kappa shape index (κ1) is 25.1. The first-order valence-electron chi connectivity index (χ1n) is 11.4. The van der Waals surface area contributed by atoms with Gasteiger partial charge < -0.3 is 9.47 Å². The van der Waals surface area contributed by atoms with Crippen LogP contribution in [-0.4, -0.2) is 24.3 Å². The summed E-state index contributed by atoms with van der Waals surface area (Å²) >= 11 is 4.83. The second kappa shape index (κ2) is 10.7. The molecule has 0 amide bonds. The summed E-state index contributed by atoms with van der Waals surface area (Å²) in [4.78, 5) is 31.9. The molecule has 35 heavy (non-hydrogen) atoms. The number of benzene rings is 2. The number of methoxy groups -OCH3 is 1. The Balaban J connectivity index is 1.94. The van der Waals surface area contributed by atoms with Gasteiger partial charge in [0.15, 0.2) is 4.80 Å². The molecule has 1 aliphatic heterocycles. The molecule has 0 aliphatic carbocycles. The summed E-state index contributed by atoms with van der Waals surface area (Å²) < 4.78 is 14.1. The lowest BCUT2D eigenvalue weighted by molar-refractivity contribution is -0.136. The van der Waals surface area contributed by atoms with Gasteiger partial charge in [0.05, 0.1) is 35.6 Å². The first-order valence-corrected chi connectivity index (χ1v) is 13.0. The molecule has 2 heterocycles. The number of carbonyl (C=O) groups excluding carboxylic acids is 1. The van der Waals surface area contributed by atoms with E-state index < -0.39 is 12.0 Å². The van der Waals surface area contributed by atoms with E-state index in [4.69, 9.17) is 14.5 Å². The summed E-state index contributed by atoms with van der Waals surface area (Å²) in [6, 6.07) is 14.6. The molecule has 6 nitrogen and oxygen atoms in total. The molecular formula is C27H27BrN2O4S. The van der Waals surface area contributed by atoms with E-state index in [1.165, 1.54) is 18.4 Å². The van der Waals surface area contributed by atoms with Gasteiger partial charge in [-0.3, -0.25) is 9.36 Å². The molecule has 0 saturated carbocycles. The first-order chi connectivity index (χ1) is 16.8. The average molecular weight is 555 g/mol. The second-order valence-corrected chi connectivity index (χ2v) is 10.5. The number of esters is 1. The van der Waals surface area contributed by atoms with Crippen molar-refractivity contribution < 1.29 is 14.3 Å². The van der Waals surface area contributed by atoms with Gasteiger partial charge in [-0.15, -0.1) is 0 Å². The molecular weight excluding hydrogens is 528 g/mol. The van der Waals surface area contributed by atoms with E-state index in [-0.39, 0.29) is 5.56 Å². The highest BCUT2D eigenvalue weighted by molar-refractivity contribution is 9.10. The van der Waals surface area contributed by atoms with E-state index in [2.05, 4.69) is 29.8 Å². The third kappa shape index (κ3) is 5.18. The van der Waals surface area contributed by atoms with E-state index in [1.807, 2.05) is 61.5 Å². The predicted molar refractivity (Wildman–Crippen MR) is 141 cm³/mol. The predicted octanol–water partition coefficient (Wildman–Crippen LogP) is 4.60. The van der Waals surface area contributed by atoms with Crippen molar-refractivity contribution in [2.75, 3.05) is 13.7 Å². The van der Waals surface area contributed by atoms with Crippen LogP contribution in [0, 0.1) is 5.92 Å². The lowest BCUT2D eigenvalue weighted by Gasteiger charge is -2.25. The molecule has 2 aromatic carbocycles. The molecule has 0 radical (unpaired) electrons. The zero-order valence-corrected chi connectivity index (χ0v) is 22.5. The maximum absolute atomic E-state index is 13.8. The SMILES string of the molecule is CCC1=C(C(=O)OC)[C@H](c2ccccc2)n2c(s/c(=C/c3cc(Br)ccc3OCC(C)C)c2=O)=N1. The van der Waals surface area contributed by atoms with Gasteiger partial charge in [-0.1, -0.05) is 78.4 Å². The fourth-order valence-electron chi connectivity index (χ4n) is 3.98. The third-order valence-corrected chi connectivity index (χ3v) is 7.07. The lowest BCUT2D eigenvalue weighted by atomic mass is 9.95. The number of nitrogens with zero attached hydrogens (tertiary/aromatic N) is 2. The Morgan fingerprint density at radius 3 is 2.63 bits per heavy atom. The van der Waals surface area contributed by atoms with Crippen LogP contribution in [0.25, 0.3) is 6.08 Å². The Kier molecular flexibility index (Phi) is 7.72. The fraction of sp³-hybridized carbons (Fsp3) is 0.296. The Labute approximate surface area is 216 Å². The van der Waals surface area contributed by atoms with Crippen molar-refractivity contribution in [3.8, 4) is 5.75 Å². The van der Waals surface area contributed by atoms with Crippen molar-refractivity contribution in [3.05, 3.63) is 95.1 Å². The molecule has 1 aliphatic rings. The van der Waals surface area contributed by atoms with Crippen molar-refractivity contribution in [2.24, 2.45) is 10.9 Å². The number of hydrogen-bond acceptors (Lipinski definition) is 6. The number of rotatable bonds is 7. The third-order valence-electron chi connectivity index (χ3n) is 5.60. The number of fused-ring (bicyclic) bond motifs is 1. The summed E-state index contributed by atoms with van der Waals surface area (Å²) in [6.45, 7) is 6.69. The van der Waals surface area contributed by atoms with Crippen molar-refractivity contribution in [1.82, 2.24) is 4.57 Å². The van der Waals surface area contributed by atoms with Crippen molar-refractivity contribution in [2.45, 2.75) is 33.2 Å². The monoisotopic (exact) mass is 554 g/mol. The molecule has 0 fully saturated rings. The molecule has 0 saturated heterocycles.